The lowest BCUT2D eigenvalue weighted by Crippen LogP contribution is -2.18. The molecule has 1 aromatic carbocycles. The lowest BCUT2D eigenvalue weighted by Gasteiger charge is -2.00. The molecule has 0 radical (unpaired) electrons. The third kappa shape index (κ3) is 5.52. The topological polar surface area (TPSA) is 21.3 Å². The molecule has 0 atom stereocenters. The van der Waals surface area contributed by atoms with Crippen molar-refractivity contribution < 1.29 is 4.74 Å². The van der Waals surface area contributed by atoms with E-state index < -0.39 is 0 Å². The van der Waals surface area contributed by atoms with Crippen molar-refractivity contribution in [3.05, 3.63) is 39.9 Å². The minimum absolute atomic E-state index is 0.652. The van der Waals surface area contributed by atoms with Crippen molar-refractivity contribution in [1.29, 1.82) is 0 Å². The van der Waals surface area contributed by atoms with Crippen LogP contribution in [0.15, 0.2) is 24.3 Å². The van der Waals surface area contributed by atoms with Crippen molar-refractivity contribution in [2.24, 2.45) is 0 Å². The molecule has 4 heteroatoms. The average molecular weight is 260 g/mol. The zero-order valence-electron chi connectivity index (χ0n) is 9.17. The Hall–Kier alpha value is -0.540. The highest BCUT2D eigenvalue weighted by molar-refractivity contribution is 6.34. The Balaban J connectivity index is 2.37. The van der Waals surface area contributed by atoms with E-state index >= 15 is 0 Å². The maximum Gasteiger partial charge on any atom is 0.0587 e. The summed E-state index contributed by atoms with van der Waals surface area (Å²) in [6, 6.07) is 5.47. The highest BCUT2D eigenvalue weighted by Gasteiger charge is 1.94. The monoisotopic (exact) mass is 259 g/mol. The van der Waals surface area contributed by atoms with Gasteiger partial charge >= 0.3 is 0 Å². The second-order valence-electron chi connectivity index (χ2n) is 3.30. The van der Waals surface area contributed by atoms with E-state index in [1.54, 1.807) is 13.2 Å². The second kappa shape index (κ2) is 7.69. The molecule has 1 rings (SSSR count). The lowest BCUT2D eigenvalue weighted by atomic mass is 10.2. The average Bonchev–Trinajstić information content (AvgIpc) is 2.22. The van der Waals surface area contributed by atoms with Gasteiger partial charge in [0, 0.05) is 30.2 Å². The molecule has 0 aliphatic heterocycles. The SMILES string of the molecule is COCCNCC=Cc1cc(Cl)cc(Cl)c1. The van der Waals surface area contributed by atoms with Crippen molar-refractivity contribution in [3.8, 4) is 0 Å². The molecule has 0 aliphatic rings. The van der Waals surface area contributed by atoms with Crippen LogP contribution in [0.3, 0.4) is 0 Å². The van der Waals surface area contributed by atoms with E-state index in [0.29, 0.717) is 10.0 Å². The Morgan fingerprint density at radius 2 is 1.94 bits per heavy atom. The van der Waals surface area contributed by atoms with Crippen LogP contribution in [0.5, 0.6) is 0 Å². The van der Waals surface area contributed by atoms with E-state index in [1.165, 1.54) is 0 Å². The van der Waals surface area contributed by atoms with Gasteiger partial charge in [-0.2, -0.15) is 0 Å². The molecule has 0 bridgehead atoms. The molecule has 1 aromatic rings. The number of halogens is 2. The Labute approximate surface area is 106 Å². The third-order valence-electron chi connectivity index (χ3n) is 1.94. The molecule has 0 heterocycles. The molecule has 0 spiro atoms. The molecule has 2 nitrogen and oxygen atoms in total. The first-order valence-corrected chi connectivity index (χ1v) is 5.80. The molecule has 0 fully saturated rings. The van der Waals surface area contributed by atoms with Crippen LogP contribution in [0.25, 0.3) is 6.08 Å². The van der Waals surface area contributed by atoms with Gasteiger partial charge in [0.15, 0.2) is 0 Å². The number of nitrogens with one attached hydrogen (secondary N) is 1. The molecule has 0 aliphatic carbocycles. The van der Waals surface area contributed by atoms with E-state index in [0.717, 1.165) is 25.3 Å². The van der Waals surface area contributed by atoms with Gasteiger partial charge in [-0.25, -0.2) is 0 Å². The van der Waals surface area contributed by atoms with E-state index in [4.69, 9.17) is 27.9 Å². The van der Waals surface area contributed by atoms with Crippen LogP contribution in [0.2, 0.25) is 10.0 Å². The van der Waals surface area contributed by atoms with Crippen LogP contribution in [0.4, 0.5) is 0 Å². The predicted octanol–water partition coefficient (Wildman–Crippen LogP) is 3.24. The molecule has 88 valence electrons. The summed E-state index contributed by atoms with van der Waals surface area (Å²) >= 11 is 11.8. The highest BCUT2D eigenvalue weighted by Crippen LogP contribution is 2.19. The normalized spacial score (nSPS) is 11.2. The molecule has 0 saturated carbocycles. The van der Waals surface area contributed by atoms with Crippen LogP contribution in [0.1, 0.15) is 5.56 Å². The summed E-state index contributed by atoms with van der Waals surface area (Å²) < 4.78 is 4.92. The minimum Gasteiger partial charge on any atom is -0.383 e. The van der Waals surface area contributed by atoms with Crippen molar-refractivity contribution in [1.82, 2.24) is 5.32 Å². The van der Waals surface area contributed by atoms with E-state index in [-0.39, 0.29) is 0 Å². The van der Waals surface area contributed by atoms with Crippen LogP contribution in [-0.2, 0) is 4.74 Å². The summed E-state index contributed by atoms with van der Waals surface area (Å²) in [5.41, 5.74) is 1.01. The van der Waals surface area contributed by atoms with Crippen molar-refractivity contribution in [3.63, 3.8) is 0 Å². The first-order chi connectivity index (χ1) is 7.72. The number of methoxy groups -OCH3 is 1. The summed E-state index contributed by atoms with van der Waals surface area (Å²) in [4.78, 5) is 0. The first kappa shape index (κ1) is 13.5. The van der Waals surface area contributed by atoms with Gasteiger partial charge in [-0.15, -0.1) is 0 Å². The van der Waals surface area contributed by atoms with Gasteiger partial charge in [-0.3, -0.25) is 0 Å². The zero-order valence-corrected chi connectivity index (χ0v) is 10.7. The summed E-state index contributed by atoms with van der Waals surface area (Å²) in [5, 5.41) is 4.51. The van der Waals surface area contributed by atoms with Gasteiger partial charge in [0.1, 0.15) is 0 Å². The quantitative estimate of drug-likeness (QED) is 0.793. The predicted molar refractivity (Wildman–Crippen MR) is 70.2 cm³/mol. The second-order valence-corrected chi connectivity index (χ2v) is 4.17. The molecule has 16 heavy (non-hydrogen) atoms. The van der Waals surface area contributed by atoms with Crippen LogP contribution in [0, 0.1) is 0 Å². The van der Waals surface area contributed by atoms with Gasteiger partial charge < -0.3 is 10.1 Å². The maximum atomic E-state index is 5.88. The van der Waals surface area contributed by atoms with Gasteiger partial charge in [0.05, 0.1) is 6.61 Å². The summed E-state index contributed by atoms with van der Waals surface area (Å²) in [6.07, 6.45) is 4.01. The van der Waals surface area contributed by atoms with Crippen LogP contribution in [-0.4, -0.2) is 26.8 Å². The largest absolute Gasteiger partial charge is 0.383 e. The fraction of sp³-hybridized carbons (Fsp3) is 0.333. The standard InChI is InChI=1S/C12H15Cl2NO/c1-16-6-5-15-4-2-3-10-7-11(13)9-12(14)8-10/h2-3,7-9,15H,4-6H2,1H3. The first-order valence-electron chi connectivity index (χ1n) is 5.04. The summed E-state index contributed by atoms with van der Waals surface area (Å²) in [6.45, 7) is 2.36. The van der Waals surface area contributed by atoms with E-state index in [1.807, 2.05) is 24.3 Å². The van der Waals surface area contributed by atoms with E-state index in [2.05, 4.69) is 5.32 Å². The number of hydrogen-bond donors (Lipinski definition) is 1. The van der Waals surface area contributed by atoms with Crippen LogP contribution >= 0.6 is 23.2 Å². The highest BCUT2D eigenvalue weighted by atomic mass is 35.5. The van der Waals surface area contributed by atoms with Gasteiger partial charge in [0.25, 0.3) is 0 Å². The molecule has 0 amide bonds. The molecule has 0 unspecified atom stereocenters. The minimum atomic E-state index is 0.652. The molecule has 0 saturated heterocycles. The Bertz CT molecular complexity index is 333. The Morgan fingerprint density at radius 3 is 2.56 bits per heavy atom. The maximum absolute atomic E-state index is 5.88. The molecule has 0 aromatic heterocycles. The number of benzene rings is 1. The Morgan fingerprint density at radius 1 is 1.25 bits per heavy atom. The van der Waals surface area contributed by atoms with Gasteiger partial charge in [-0.1, -0.05) is 35.4 Å². The lowest BCUT2D eigenvalue weighted by molar-refractivity contribution is 0.200. The smallest absolute Gasteiger partial charge is 0.0587 e. The van der Waals surface area contributed by atoms with Crippen molar-refractivity contribution in [2.75, 3.05) is 26.8 Å². The number of hydrogen-bond acceptors (Lipinski definition) is 2. The molecule has 1 N–H and O–H groups in total. The number of ether oxygens (including phenoxy) is 1. The Kier molecular flexibility index (Phi) is 6.50. The molecular formula is C12H15Cl2NO. The van der Waals surface area contributed by atoms with Crippen molar-refractivity contribution >= 4 is 29.3 Å². The third-order valence-corrected chi connectivity index (χ3v) is 2.38. The zero-order chi connectivity index (χ0) is 11.8. The summed E-state index contributed by atoms with van der Waals surface area (Å²) in [5.74, 6) is 0. The fourth-order valence-corrected chi connectivity index (χ4v) is 1.77. The van der Waals surface area contributed by atoms with Gasteiger partial charge in [-0.05, 0) is 23.8 Å². The van der Waals surface area contributed by atoms with Crippen molar-refractivity contribution in [2.45, 2.75) is 0 Å². The van der Waals surface area contributed by atoms with E-state index in [9.17, 15) is 0 Å². The van der Waals surface area contributed by atoms with Gasteiger partial charge in [0.2, 0.25) is 0 Å². The van der Waals surface area contributed by atoms with Crippen LogP contribution < -0.4 is 5.32 Å². The molecular weight excluding hydrogens is 245 g/mol. The summed E-state index contributed by atoms with van der Waals surface area (Å²) in [7, 11) is 1.69. The number of rotatable bonds is 6. The fourth-order valence-electron chi connectivity index (χ4n) is 1.23.